The fraction of sp³-hybridized carbons (Fsp3) is 0.656. The molecular formula is C61H100O6. The molecule has 0 saturated carbocycles. The molecule has 0 fully saturated rings. The molecule has 0 aromatic rings. The van der Waals surface area contributed by atoms with E-state index in [0.717, 1.165) is 103 Å². The lowest BCUT2D eigenvalue weighted by Crippen LogP contribution is -2.30. The Kier molecular flexibility index (Phi) is 51.5. The summed E-state index contributed by atoms with van der Waals surface area (Å²) in [4.78, 5) is 38.1. The summed E-state index contributed by atoms with van der Waals surface area (Å²) in [6.45, 7) is 6.32. The first-order chi connectivity index (χ1) is 33.0. The number of ether oxygens (including phenoxy) is 3. The Labute approximate surface area is 412 Å². The van der Waals surface area contributed by atoms with E-state index >= 15 is 0 Å². The largest absolute Gasteiger partial charge is 0.462 e. The second-order valence-corrected chi connectivity index (χ2v) is 17.8. The number of unbranched alkanes of at least 4 members (excludes halogenated alkanes) is 22. The zero-order valence-corrected chi connectivity index (χ0v) is 43.4. The molecule has 0 aromatic carbocycles. The third kappa shape index (κ3) is 52.9. The van der Waals surface area contributed by atoms with Gasteiger partial charge in [0, 0.05) is 19.3 Å². The summed E-state index contributed by atoms with van der Waals surface area (Å²) in [5.41, 5.74) is 0. The molecule has 1 atom stereocenters. The Bertz CT molecular complexity index is 1390. The minimum absolute atomic E-state index is 0.108. The summed E-state index contributed by atoms with van der Waals surface area (Å²) in [6.07, 6.45) is 73.6. The van der Waals surface area contributed by atoms with E-state index in [1.54, 1.807) is 0 Å². The molecule has 0 amide bonds. The summed E-state index contributed by atoms with van der Waals surface area (Å²) in [6, 6.07) is 0. The highest BCUT2D eigenvalue weighted by atomic mass is 16.6. The summed E-state index contributed by atoms with van der Waals surface area (Å²) >= 11 is 0. The van der Waals surface area contributed by atoms with Crippen LogP contribution >= 0.6 is 0 Å². The van der Waals surface area contributed by atoms with Crippen LogP contribution in [0, 0.1) is 0 Å². The van der Waals surface area contributed by atoms with E-state index < -0.39 is 6.10 Å². The SMILES string of the molecule is CC\C=C/C=C\C=C/C=C\CCCCCCCC(=O)OCC(COC(=O)CCC/C=C\C/C=C\C/C=C\C/C=C\C/C=C\CC)OC(=O)CCCCCCCCCCCCCCCCCCC. The van der Waals surface area contributed by atoms with Crippen LogP contribution in [0.4, 0.5) is 0 Å². The van der Waals surface area contributed by atoms with Gasteiger partial charge in [-0.2, -0.15) is 0 Å². The van der Waals surface area contributed by atoms with E-state index in [1.807, 2.05) is 18.2 Å². The molecule has 6 heteroatoms. The highest BCUT2D eigenvalue weighted by molar-refractivity contribution is 5.71. The van der Waals surface area contributed by atoms with Gasteiger partial charge in [-0.15, -0.1) is 0 Å². The molecule has 67 heavy (non-hydrogen) atoms. The van der Waals surface area contributed by atoms with Gasteiger partial charge in [-0.1, -0.05) is 252 Å². The van der Waals surface area contributed by atoms with Gasteiger partial charge in [-0.05, 0) is 77.0 Å². The first-order valence-electron chi connectivity index (χ1n) is 27.4. The smallest absolute Gasteiger partial charge is 0.306 e. The van der Waals surface area contributed by atoms with E-state index in [2.05, 4.69) is 112 Å². The maximum atomic E-state index is 12.8. The average Bonchev–Trinajstić information content (AvgIpc) is 3.33. The Hall–Kier alpha value is -3.93. The first-order valence-corrected chi connectivity index (χ1v) is 27.4. The van der Waals surface area contributed by atoms with E-state index in [-0.39, 0.29) is 37.5 Å². The third-order valence-corrected chi connectivity index (χ3v) is 11.4. The zero-order valence-electron chi connectivity index (χ0n) is 43.4. The number of carbonyl (C=O) groups excluding carboxylic acids is 3. The van der Waals surface area contributed by atoms with Crippen LogP contribution in [-0.2, 0) is 28.6 Å². The van der Waals surface area contributed by atoms with Crippen LogP contribution < -0.4 is 0 Å². The first kappa shape index (κ1) is 63.1. The van der Waals surface area contributed by atoms with Crippen molar-refractivity contribution in [3.8, 4) is 0 Å². The van der Waals surface area contributed by atoms with E-state index in [4.69, 9.17) is 14.2 Å². The Morgan fingerprint density at radius 1 is 0.328 bits per heavy atom. The maximum absolute atomic E-state index is 12.8. The van der Waals surface area contributed by atoms with Crippen LogP contribution in [0.5, 0.6) is 0 Å². The van der Waals surface area contributed by atoms with Crippen LogP contribution in [0.15, 0.2) is 109 Å². The molecule has 0 spiro atoms. The summed E-state index contributed by atoms with van der Waals surface area (Å²) in [7, 11) is 0. The molecule has 0 aliphatic carbocycles. The predicted octanol–water partition coefficient (Wildman–Crippen LogP) is 18.3. The van der Waals surface area contributed by atoms with Crippen LogP contribution in [0.3, 0.4) is 0 Å². The van der Waals surface area contributed by atoms with Crippen LogP contribution in [0.25, 0.3) is 0 Å². The molecule has 6 nitrogen and oxygen atoms in total. The number of esters is 3. The van der Waals surface area contributed by atoms with Gasteiger partial charge in [0.25, 0.3) is 0 Å². The normalized spacial score (nSPS) is 12.9. The molecule has 0 bridgehead atoms. The van der Waals surface area contributed by atoms with Gasteiger partial charge >= 0.3 is 17.9 Å². The molecule has 0 saturated heterocycles. The summed E-state index contributed by atoms with van der Waals surface area (Å²) in [5, 5.41) is 0. The number of hydrogen-bond acceptors (Lipinski definition) is 6. The third-order valence-electron chi connectivity index (χ3n) is 11.4. The number of allylic oxidation sites excluding steroid dienone is 18. The van der Waals surface area contributed by atoms with E-state index in [0.29, 0.717) is 19.3 Å². The van der Waals surface area contributed by atoms with Gasteiger partial charge in [0.2, 0.25) is 0 Å². The minimum atomic E-state index is -0.811. The lowest BCUT2D eigenvalue weighted by molar-refractivity contribution is -0.167. The maximum Gasteiger partial charge on any atom is 0.306 e. The van der Waals surface area contributed by atoms with E-state index in [1.165, 1.54) is 89.9 Å². The Morgan fingerprint density at radius 2 is 0.672 bits per heavy atom. The fourth-order valence-electron chi connectivity index (χ4n) is 7.31. The molecule has 0 radical (unpaired) electrons. The fourth-order valence-corrected chi connectivity index (χ4v) is 7.31. The molecule has 0 aliphatic rings. The molecule has 0 aliphatic heterocycles. The highest BCUT2D eigenvalue weighted by Crippen LogP contribution is 2.15. The van der Waals surface area contributed by atoms with Crippen molar-refractivity contribution in [3.05, 3.63) is 109 Å². The number of rotatable bonds is 48. The van der Waals surface area contributed by atoms with Crippen molar-refractivity contribution in [2.45, 2.75) is 245 Å². The second-order valence-electron chi connectivity index (χ2n) is 17.8. The van der Waals surface area contributed by atoms with Crippen molar-refractivity contribution in [2.75, 3.05) is 13.2 Å². The van der Waals surface area contributed by atoms with Crippen molar-refractivity contribution >= 4 is 17.9 Å². The van der Waals surface area contributed by atoms with Crippen LogP contribution in [0.1, 0.15) is 239 Å². The minimum Gasteiger partial charge on any atom is -0.462 e. The van der Waals surface area contributed by atoms with Gasteiger partial charge < -0.3 is 14.2 Å². The van der Waals surface area contributed by atoms with Gasteiger partial charge in [-0.25, -0.2) is 0 Å². The molecule has 1 unspecified atom stereocenters. The Balaban J connectivity index is 4.51. The van der Waals surface area contributed by atoms with Gasteiger partial charge in [0.1, 0.15) is 13.2 Å². The van der Waals surface area contributed by atoms with Gasteiger partial charge in [0.15, 0.2) is 6.10 Å². The Morgan fingerprint density at radius 3 is 1.13 bits per heavy atom. The summed E-state index contributed by atoms with van der Waals surface area (Å²) in [5.74, 6) is -0.988. The van der Waals surface area contributed by atoms with Crippen molar-refractivity contribution in [3.63, 3.8) is 0 Å². The summed E-state index contributed by atoms with van der Waals surface area (Å²) < 4.78 is 16.8. The molecule has 380 valence electrons. The van der Waals surface area contributed by atoms with Crippen molar-refractivity contribution < 1.29 is 28.6 Å². The van der Waals surface area contributed by atoms with Crippen LogP contribution in [0.2, 0.25) is 0 Å². The molecule has 0 N–H and O–H groups in total. The topological polar surface area (TPSA) is 78.9 Å². The lowest BCUT2D eigenvalue weighted by atomic mass is 10.0. The molecule has 0 aromatic heterocycles. The van der Waals surface area contributed by atoms with Crippen molar-refractivity contribution in [1.82, 2.24) is 0 Å². The monoisotopic (exact) mass is 929 g/mol. The van der Waals surface area contributed by atoms with E-state index in [9.17, 15) is 14.4 Å². The second kappa shape index (κ2) is 54.7. The zero-order chi connectivity index (χ0) is 48.6. The predicted molar refractivity (Wildman–Crippen MR) is 288 cm³/mol. The van der Waals surface area contributed by atoms with Gasteiger partial charge in [-0.3, -0.25) is 14.4 Å². The molecular weight excluding hydrogens is 829 g/mol. The average molecular weight is 929 g/mol. The quantitative estimate of drug-likeness (QED) is 0.0199. The van der Waals surface area contributed by atoms with Crippen molar-refractivity contribution in [2.24, 2.45) is 0 Å². The van der Waals surface area contributed by atoms with Crippen LogP contribution in [-0.4, -0.2) is 37.2 Å². The lowest BCUT2D eigenvalue weighted by Gasteiger charge is -2.18. The van der Waals surface area contributed by atoms with Gasteiger partial charge in [0.05, 0.1) is 0 Å². The highest BCUT2D eigenvalue weighted by Gasteiger charge is 2.19. The number of hydrogen-bond donors (Lipinski definition) is 0. The molecule has 0 heterocycles. The van der Waals surface area contributed by atoms with Crippen molar-refractivity contribution in [1.29, 1.82) is 0 Å². The molecule has 0 rings (SSSR count). The standard InChI is InChI=1S/C61H100O6/c1-4-7-10-13-16-19-22-25-28-30-33-36-39-42-45-48-51-54-60(63)66-57-58(56-65-59(62)53-50-47-44-41-38-35-32-27-24-21-18-15-12-9-6-3)67-61(64)55-52-49-46-43-40-37-34-31-29-26-23-20-17-14-11-8-5-2/h7,9-10,12,15-16,18-19,21,24-25,27-28,32-33,36,42,45,58H,4-6,8,11,13-14,17,20,22-23,26,29-31,34-35,37-41,43-44,46-57H2,1-3H3/b10-7-,12-9-,18-15-,19-16-,24-21-,28-25-,32-27-,36-33-,45-42-. The number of carbonyl (C=O) groups is 3.